The molecule has 1 amide bonds. The smallest absolute Gasteiger partial charge is 0.254 e. The molecule has 1 N–H and O–H groups in total. The first-order valence-electron chi connectivity index (χ1n) is 9.91. The summed E-state index contributed by atoms with van der Waals surface area (Å²) in [6, 6.07) is 11.8. The van der Waals surface area contributed by atoms with Crippen molar-refractivity contribution in [3.8, 4) is 0 Å². The molecule has 0 bridgehead atoms. The molecule has 4 rings (SSSR count). The molecule has 158 valence electrons. The first-order chi connectivity index (χ1) is 15.1. The van der Waals surface area contributed by atoms with Crippen LogP contribution in [0.4, 0.5) is 0 Å². The largest absolute Gasteiger partial charge is 0.361 e. The lowest BCUT2D eigenvalue weighted by Crippen LogP contribution is -2.23. The summed E-state index contributed by atoms with van der Waals surface area (Å²) in [5.41, 5.74) is 4.69. The van der Waals surface area contributed by atoms with Gasteiger partial charge in [-0.1, -0.05) is 29.4 Å². The highest BCUT2D eigenvalue weighted by atomic mass is 32.2. The first-order valence-corrected chi connectivity index (χ1v) is 10.9. The summed E-state index contributed by atoms with van der Waals surface area (Å²) in [6.45, 7) is 5.03. The lowest BCUT2D eigenvalue weighted by Gasteiger charge is -2.10. The van der Waals surface area contributed by atoms with Gasteiger partial charge < -0.3 is 14.4 Å². The minimum Gasteiger partial charge on any atom is -0.361 e. The Morgan fingerprint density at radius 3 is 2.65 bits per heavy atom. The van der Waals surface area contributed by atoms with Crippen molar-refractivity contribution < 1.29 is 9.32 Å². The Kier molecular flexibility index (Phi) is 6.47. The Labute approximate surface area is 184 Å². The van der Waals surface area contributed by atoms with Crippen LogP contribution in [0.3, 0.4) is 0 Å². The van der Waals surface area contributed by atoms with E-state index in [1.54, 1.807) is 30.9 Å². The Morgan fingerprint density at radius 2 is 1.94 bits per heavy atom. The van der Waals surface area contributed by atoms with Crippen LogP contribution in [0.1, 0.15) is 38.5 Å². The third-order valence-corrected chi connectivity index (χ3v) is 5.98. The third kappa shape index (κ3) is 5.21. The summed E-state index contributed by atoms with van der Waals surface area (Å²) in [4.78, 5) is 21.3. The average molecular weight is 434 g/mol. The number of carbonyl (C=O) groups excluding carboxylic acids is 1. The molecule has 0 unspecified atom stereocenters. The molecule has 7 nitrogen and oxygen atoms in total. The maximum absolute atomic E-state index is 12.8. The molecule has 3 heterocycles. The van der Waals surface area contributed by atoms with Crippen molar-refractivity contribution in [3.05, 3.63) is 95.0 Å². The van der Waals surface area contributed by atoms with E-state index in [0.717, 1.165) is 29.1 Å². The van der Waals surface area contributed by atoms with Crippen molar-refractivity contribution in [1.82, 2.24) is 25.0 Å². The Balaban J connectivity index is 1.36. The quantitative estimate of drug-likeness (QED) is 0.420. The molecule has 0 aliphatic carbocycles. The fraction of sp³-hybridized carbons (Fsp3) is 0.217. The second-order valence-electron chi connectivity index (χ2n) is 7.18. The van der Waals surface area contributed by atoms with Crippen molar-refractivity contribution in [2.75, 3.05) is 0 Å². The molecule has 3 aromatic heterocycles. The zero-order valence-electron chi connectivity index (χ0n) is 17.4. The van der Waals surface area contributed by atoms with Crippen molar-refractivity contribution in [1.29, 1.82) is 0 Å². The molecule has 0 fully saturated rings. The number of rotatable bonds is 8. The molecule has 1 aromatic carbocycles. The van der Waals surface area contributed by atoms with Crippen LogP contribution in [0, 0.1) is 13.8 Å². The van der Waals surface area contributed by atoms with Gasteiger partial charge in [0.1, 0.15) is 10.8 Å². The van der Waals surface area contributed by atoms with E-state index >= 15 is 0 Å². The number of nitrogens with one attached hydrogen (secondary N) is 1. The van der Waals surface area contributed by atoms with Crippen LogP contribution in [0.25, 0.3) is 0 Å². The Hall–Kier alpha value is -3.39. The number of hydrogen-bond donors (Lipinski definition) is 1. The number of amides is 1. The van der Waals surface area contributed by atoms with E-state index < -0.39 is 0 Å². The lowest BCUT2D eigenvalue weighted by molar-refractivity contribution is 0.0947. The zero-order chi connectivity index (χ0) is 21.6. The molecule has 0 spiro atoms. The summed E-state index contributed by atoms with van der Waals surface area (Å²) >= 11 is 1.51. The van der Waals surface area contributed by atoms with E-state index in [4.69, 9.17) is 4.52 Å². The number of aromatic nitrogens is 4. The van der Waals surface area contributed by atoms with E-state index in [2.05, 4.69) is 32.6 Å². The fourth-order valence-electron chi connectivity index (χ4n) is 3.16. The summed E-state index contributed by atoms with van der Waals surface area (Å²) in [7, 11) is 0. The normalized spacial score (nSPS) is 10.9. The van der Waals surface area contributed by atoms with Gasteiger partial charge in [-0.2, -0.15) is 0 Å². The molecule has 0 aliphatic heterocycles. The van der Waals surface area contributed by atoms with Crippen LogP contribution < -0.4 is 5.32 Å². The van der Waals surface area contributed by atoms with Gasteiger partial charge in [-0.15, -0.1) is 11.8 Å². The van der Waals surface area contributed by atoms with Crippen molar-refractivity contribution in [2.45, 2.75) is 37.7 Å². The number of thioether (sulfide) groups is 1. The summed E-state index contributed by atoms with van der Waals surface area (Å²) in [6.07, 6.45) is 7.20. The number of benzene rings is 1. The topological polar surface area (TPSA) is 85.8 Å². The summed E-state index contributed by atoms with van der Waals surface area (Å²) in [5, 5.41) is 7.67. The molecular formula is C23H23N5O2S. The van der Waals surface area contributed by atoms with E-state index in [0.29, 0.717) is 22.9 Å². The summed E-state index contributed by atoms with van der Waals surface area (Å²) in [5.74, 6) is 1.30. The molecule has 31 heavy (non-hydrogen) atoms. The van der Waals surface area contributed by atoms with Gasteiger partial charge in [0.15, 0.2) is 0 Å². The van der Waals surface area contributed by atoms with Gasteiger partial charge in [-0.05, 0) is 37.1 Å². The Morgan fingerprint density at radius 1 is 1.13 bits per heavy atom. The molecule has 0 atom stereocenters. The maximum Gasteiger partial charge on any atom is 0.254 e. The molecular weight excluding hydrogens is 410 g/mol. The second kappa shape index (κ2) is 9.61. The third-order valence-electron chi connectivity index (χ3n) is 4.95. The van der Waals surface area contributed by atoms with Gasteiger partial charge >= 0.3 is 0 Å². The van der Waals surface area contributed by atoms with E-state index in [-0.39, 0.29) is 5.91 Å². The van der Waals surface area contributed by atoms with Crippen LogP contribution in [0.15, 0.2) is 70.9 Å². The number of pyridine rings is 1. The SMILES string of the molecule is Cc1noc(C)c1CSc1ncccc1C(=O)NCc1ccc(Cn2ccnc2)cc1. The molecule has 4 aromatic rings. The van der Waals surface area contributed by atoms with Crippen molar-refractivity contribution in [3.63, 3.8) is 0 Å². The van der Waals surface area contributed by atoms with Crippen LogP contribution in [0.5, 0.6) is 0 Å². The predicted octanol–water partition coefficient (Wildman–Crippen LogP) is 4.15. The highest BCUT2D eigenvalue weighted by molar-refractivity contribution is 7.98. The molecule has 0 aliphatic rings. The second-order valence-corrected chi connectivity index (χ2v) is 8.15. The number of aryl methyl sites for hydroxylation is 2. The van der Waals surface area contributed by atoms with Crippen molar-refractivity contribution >= 4 is 17.7 Å². The van der Waals surface area contributed by atoms with Crippen LogP contribution in [0.2, 0.25) is 0 Å². The van der Waals surface area contributed by atoms with Crippen LogP contribution >= 0.6 is 11.8 Å². The molecule has 8 heteroatoms. The van der Waals surface area contributed by atoms with Gasteiger partial charge in [0.25, 0.3) is 5.91 Å². The minimum absolute atomic E-state index is 0.142. The number of carbonyl (C=O) groups is 1. The number of imidazole rings is 1. The standard InChI is InChI=1S/C23H23N5O2S/c1-16-21(17(2)30-27-16)14-31-23-20(4-3-9-25-23)22(29)26-12-18-5-7-19(8-6-18)13-28-11-10-24-15-28/h3-11,15H,12-14H2,1-2H3,(H,26,29). The maximum atomic E-state index is 12.8. The van der Waals surface area contributed by atoms with Crippen LogP contribution in [-0.2, 0) is 18.8 Å². The highest BCUT2D eigenvalue weighted by Gasteiger charge is 2.15. The molecule has 0 radical (unpaired) electrons. The van der Waals surface area contributed by atoms with Gasteiger partial charge in [-0.25, -0.2) is 9.97 Å². The summed E-state index contributed by atoms with van der Waals surface area (Å²) < 4.78 is 7.23. The van der Waals surface area contributed by atoms with Gasteiger partial charge in [0.05, 0.1) is 17.6 Å². The number of hydrogen-bond acceptors (Lipinski definition) is 6. The monoisotopic (exact) mass is 433 g/mol. The van der Waals surface area contributed by atoms with Gasteiger partial charge in [0, 0.05) is 43.0 Å². The van der Waals surface area contributed by atoms with Gasteiger partial charge in [-0.3, -0.25) is 4.79 Å². The van der Waals surface area contributed by atoms with E-state index in [9.17, 15) is 4.79 Å². The van der Waals surface area contributed by atoms with E-state index in [1.807, 2.05) is 36.7 Å². The van der Waals surface area contributed by atoms with Gasteiger partial charge in [0.2, 0.25) is 0 Å². The van der Waals surface area contributed by atoms with E-state index in [1.165, 1.54) is 17.3 Å². The lowest BCUT2D eigenvalue weighted by atomic mass is 10.1. The minimum atomic E-state index is -0.142. The fourth-order valence-corrected chi connectivity index (χ4v) is 4.30. The first kappa shape index (κ1) is 20.9. The molecule has 0 saturated heterocycles. The van der Waals surface area contributed by atoms with Crippen molar-refractivity contribution in [2.24, 2.45) is 0 Å². The highest BCUT2D eigenvalue weighted by Crippen LogP contribution is 2.27. The number of nitrogens with zero attached hydrogens (tertiary/aromatic N) is 4. The average Bonchev–Trinajstić information content (AvgIpc) is 3.41. The molecule has 0 saturated carbocycles. The predicted molar refractivity (Wildman–Crippen MR) is 119 cm³/mol. The zero-order valence-corrected chi connectivity index (χ0v) is 18.2. The van der Waals surface area contributed by atoms with Crippen LogP contribution in [-0.4, -0.2) is 25.6 Å². The Bertz CT molecular complexity index is 1130.